The summed E-state index contributed by atoms with van der Waals surface area (Å²) in [6, 6.07) is 7.79. The highest BCUT2D eigenvalue weighted by Crippen LogP contribution is 2.20. The van der Waals surface area contributed by atoms with Crippen LogP contribution in [0.25, 0.3) is 0 Å². The molecule has 5 nitrogen and oxygen atoms in total. The maximum Gasteiger partial charge on any atom is 0.240 e. The zero-order valence-corrected chi connectivity index (χ0v) is 12.0. The predicted molar refractivity (Wildman–Crippen MR) is 74.6 cm³/mol. The molecule has 2 rings (SSSR count). The first-order valence-electron chi connectivity index (χ1n) is 6.73. The van der Waals surface area contributed by atoms with E-state index >= 15 is 0 Å². The maximum atomic E-state index is 12.0. The molecule has 0 aromatic heterocycles. The van der Waals surface area contributed by atoms with Crippen molar-refractivity contribution in [1.82, 2.24) is 4.72 Å². The van der Waals surface area contributed by atoms with Gasteiger partial charge < -0.3 is 4.74 Å². The van der Waals surface area contributed by atoms with Gasteiger partial charge in [-0.25, -0.2) is 13.1 Å². The first kappa shape index (κ1) is 15.0. The Bertz CT molecular complexity index is 569. The zero-order chi connectivity index (χ0) is 14.4. The number of rotatable bonds is 6. The first-order valence-corrected chi connectivity index (χ1v) is 8.21. The summed E-state index contributed by atoms with van der Waals surface area (Å²) in [6.07, 6.45) is 4.82. The van der Waals surface area contributed by atoms with Crippen molar-refractivity contribution in [3.63, 3.8) is 0 Å². The summed E-state index contributed by atoms with van der Waals surface area (Å²) in [6.45, 7) is 0.652. The Morgan fingerprint density at radius 3 is 2.50 bits per heavy atom. The average Bonchev–Trinajstić information content (AvgIpc) is 2.97. The van der Waals surface area contributed by atoms with Gasteiger partial charge in [0, 0.05) is 6.54 Å². The summed E-state index contributed by atoms with van der Waals surface area (Å²) < 4.78 is 32.1. The van der Waals surface area contributed by atoms with Crippen molar-refractivity contribution in [2.24, 2.45) is 0 Å². The second kappa shape index (κ2) is 6.84. The van der Waals surface area contributed by atoms with Gasteiger partial charge in [-0.05, 0) is 37.1 Å². The summed E-state index contributed by atoms with van der Waals surface area (Å²) in [5, 5.41) is 8.68. The van der Waals surface area contributed by atoms with E-state index in [0.29, 0.717) is 12.2 Å². The number of ether oxygens (including phenoxy) is 1. The highest BCUT2D eigenvalue weighted by molar-refractivity contribution is 7.89. The van der Waals surface area contributed by atoms with Crippen molar-refractivity contribution in [2.45, 2.75) is 36.7 Å². The number of nitrogens with zero attached hydrogens (tertiary/aromatic N) is 1. The van der Waals surface area contributed by atoms with E-state index in [-0.39, 0.29) is 17.5 Å². The molecule has 0 bridgehead atoms. The van der Waals surface area contributed by atoms with Gasteiger partial charge in [-0.2, -0.15) is 5.26 Å². The van der Waals surface area contributed by atoms with Crippen LogP contribution in [0.2, 0.25) is 0 Å². The summed E-state index contributed by atoms with van der Waals surface area (Å²) >= 11 is 0. The average molecular weight is 294 g/mol. The number of hydrogen-bond donors (Lipinski definition) is 1. The lowest BCUT2D eigenvalue weighted by Gasteiger charge is -2.11. The smallest absolute Gasteiger partial charge is 0.240 e. The zero-order valence-electron chi connectivity index (χ0n) is 11.2. The van der Waals surface area contributed by atoms with Crippen molar-refractivity contribution in [2.75, 3.05) is 13.2 Å². The lowest BCUT2D eigenvalue weighted by molar-refractivity contribution is 0.0626. The Hall–Kier alpha value is -1.42. The summed E-state index contributed by atoms with van der Waals surface area (Å²) in [7, 11) is -3.52. The Kier molecular flexibility index (Phi) is 5.12. The second-order valence-corrected chi connectivity index (χ2v) is 6.58. The molecule has 1 aromatic rings. The third kappa shape index (κ3) is 4.04. The molecule has 0 spiro atoms. The molecule has 0 aliphatic heterocycles. The molecule has 1 aromatic carbocycles. The molecule has 1 aliphatic carbocycles. The minimum atomic E-state index is -3.52. The molecule has 6 heteroatoms. The number of nitriles is 1. The van der Waals surface area contributed by atoms with Gasteiger partial charge in [0.05, 0.1) is 29.2 Å². The third-order valence-electron chi connectivity index (χ3n) is 3.34. The molecule has 20 heavy (non-hydrogen) atoms. The van der Waals surface area contributed by atoms with Crippen molar-refractivity contribution in [3.05, 3.63) is 29.8 Å². The molecule has 0 atom stereocenters. The van der Waals surface area contributed by atoms with E-state index in [1.807, 2.05) is 6.07 Å². The van der Waals surface area contributed by atoms with Gasteiger partial charge in [-0.3, -0.25) is 0 Å². The Balaban J connectivity index is 1.82. The number of nitrogens with one attached hydrogen (secondary N) is 1. The van der Waals surface area contributed by atoms with Crippen LogP contribution in [0, 0.1) is 11.3 Å². The molecular formula is C14H18N2O3S. The molecule has 0 heterocycles. The highest BCUT2D eigenvalue weighted by atomic mass is 32.2. The predicted octanol–water partition coefficient (Wildman–Crippen LogP) is 1.80. The maximum absolute atomic E-state index is 12.0. The lowest BCUT2D eigenvalue weighted by Crippen LogP contribution is -2.28. The van der Waals surface area contributed by atoms with Crippen molar-refractivity contribution in [1.29, 1.82) is 5.26 Å². The van der Waals surface area contributed by atoms with Crippen molar-refractivity contribution in [3.8, 4) is 6.07 Å². The van der Waals surface area contributed by atoms with Crippen LogP contribution in [-0.4, -0.2) is 27.7 Å². The second-order valence-electron chi connectivity index (χ2n) is 4.81. The molecule has 0 amide bonds. The molecule has 1 fully saturated rings. The SMILES string of the molecule is N#Cc1ccc(S(=O)(=O)NCCOC2CCCC2)cc1. The van der Waals surface area contributed by atoms with E-state index in [1.54, 1.807) is 0 Å². The first-order chi connectivity index (χ1) is 9.62. The molecule has 0 unspecified atom stereocenters. The van der Waals surface area contributed by atoms with E-state index in [2.05, 4.69) is 4.72 Å². The summed E-state index contributed by atoms with van der Waals surface area (Å²) in [5.41, 5.74) is 0.438. The number of hydrogen-bond acceptors (Lipinski definition) is 4. The summed E-state index contributed by atoms with van der Waals surface area (Å²) in [4.78, 5) is 0.164. The van der Waals surface area contributed by atoms with Gasteiger partial charge in [0.2, 0.25) is 10.0 Å². The van der Waals surface area contributed by atoms with Gasteiger partial charge in [0.15, 0.2) is 0 Å². The highest BCUT2D eigenvalue weighted by Gasteiger charge is 2.16. The van der Waals surface area contributed by atoms with Crippen molar-refractivity contribution >= 4 is 10.0 Å². The molecule has 1 N–H and O–H groups in total. The third-order valence-corrected chi connectivity index (χ3v) is 4.82. The van der Waals surface area contributed by atoms with Crippen LogP contribution in [0.1, 0.15) is 31.2 Å². The van der Waals surface area contributed by atoms with Gasteiger partial charge in [0.1, 0.15) is 0 Å². The van der Waals surface area contributed by atoms with Crippen molar-refractivity contribution < 1.29 is 13.2 Å². The van der Waals surface area contributed by atoms with Crippen LogP contribution < -0.4 is 4.72 Å². The fraction of sp³-hybridized carbons (Fsp3) is 0.500. The van der Waals surface area contributed by atoms with Crippen LogP contribution >= 0.6 is 0 Å². The minimum Gasteiger partial charge on any atom is -0.377 e. The van der Waals surface area contributed by atoms with Gasteiger partial charge >= 0.3 is 0 Å². The monoisotopic (exact) mass is 294 g/mol. The van der Waals surface area contributed by atoms with E-state index in [1.165, 1.54) is 37.1 Å². The van der Waals surface area contributed by atoms with Gasteiger partial charge in [0.25, 0.3) is 0 Å². The molecule has 1 aliphatic rings. The van der Waals surface area contributed by atoms with Crippen LogP contribution in [0.15, 0.2) is 29.2 Å². The van der Waals surface area contributed by atoms with Gasteiger partial charge in [-0.15, -0.1) is 0 Å². The quantitative estimate of drug-likeness (QED) is 0.811. The molecule has 1 saturated carbocycles. The molecule has 0 radical (unpaired) electrons. The summed E-state index contributed by atoms with van der Waals surface area (Å²) in [5.74, 6) is 0. The van der Waals surface area contributed by atoms with Crippen LogP contribution in [0.4, 0.5) is 0 Å². The topological polar surface area (TPSA) is 79.2 Å². The molecular weight excluding hydrogens is 276 g/mol. The van der Waals surface area contributed by atoms with Crippen LogP contribution in [0.5, 0.6) is 0 Å². The fourth-order valence-corrected chi connectivity index (χ4v) is 3.26. The molecule has 108 valence electrons. The Labute approximate surface area is 119 Å². The Morgan fingerprint density at radius 2 is 1.90 bits per heavy atom. The van der Waals surface area contributed by atoms with E-state index < -0.39 is 10.0 Å². The minimum absolute atomic E-state index is 0.164. The lowest BCUT2D eigenvalue weighted by atomic mass is 10.2. The van der Waals surface area contributed by atoms with E-state index in [9.17, 15) is 8.42 Å². The Morgan fingerprint density at radius 1 is 1.25 bits per heavy atom. The van der Waals surface area contributed by atoms with E-state index in [4.69, 9.17) is 10.00 Å². The number of sulfonamides is 1. The fourth-order valence-electron chi connectivity index (χ4n) is 2.25. The van der Waals surface area contributed by atoms with Crippen LogP contribution in [0.3, 0.4) is 0 Å². The standard InChI is InChI=1S/C14H18N2O3S/c15-11-12-5-7-14(8-6-12)20(17,18)16-9-10-19-13-3-1-2-4-13/h5-8,13,16H,1-4,9-10H2. The largest absolute Gasteiger partial charge is 0.377 e. The number of benzene rings is 1. The van der Waals surface area contributed by atoms with Gasteiger partial charge in [-0.1, -0.05) is 12.8 Å². The van der Waals surface area contributed by atoms with E-state index in [0.717, 1.165) is 12.8 Å². The normalized spacial score (nSPS) is 16.1. The van der Waals surface area contributed by atoms with Crippen LogP contribution in [-0.2, 0) is 14.8 Å². The molecule has 0 saturated heterocycles.